The third-order valence-electron chi connectivity index (χ3n) is 6.69. The van der Waals surface area contributed by atoms with E-state index in [0.29, 0.717) is 30.0 Å². The predicted octanol–water partition coefficient (Wildman–Crippen LogP) is 0.813. The Morgan fingerprint density at radius 1 is 1.11 bits per heavy atom. The quantitative estimate of drug-likeness (QED) is 0.796. The van der Waals surface area contributed by atoms with Crippen molar-refractivity contribution in [3.05, 3.63) is 18.2 Å². The van der Waals surface area contributed by atoms with Crippen LogP contribution in [0.25, 0.3) is 0 Å². The first-order valence-corrected chi connectivity index (χ1v) is 12.1. The van der Waals surface area contributed by atoms with Gasteiger partial charge in [-0.05, 0) is 45.7 Å². The van der Waals surface area contributed by atoms with E-state index in [4.69, 9.17) is 0 Å². The molecule has 0 saturated carbocycles. The van der Waals surface area contributed by atoms with Crippen molar-refractivity contribution in [3.63, 3.8) is 0 Å². The fourth-order valence-corrected chi connectivity index (χ4v) is 7.12. The molecule has 0 radical (unpaired) electrons. The van der Waals surface area contributed by atoms with E-state index in [2.05, 4.69) is 38.5 Å². The number of hydrogen-bond donors (Lipinski definition) is 1. The summed E-state index contributed by atoms with van der Waals surface area (Å²) in [5.41, 5.74) is 0. The summed E-state index contributed by atoms with van der Waals surface area (Å²) in [6.07, 6.45) is 6.06. The number of nitrogens with zero attached hydrogens (tertiary/aromatic N) is 4. The standard InChI is InChI=1S/C19H33N5O2S/c1-15(2)22-7-3-16(4-8-22)11-23-9-10-24(12-19-20-5-6-21-19)18-14-27(25,26)13-17(18)23/h5-6,15-18H,3-4,7-14H2,1-2H3,(H,20,21)/t17-,18+/m0/s1. The molecule has 0 amide bonds. The van der Waals surface area contributed by atoms with Crippen molar-refractivity contribution in [1.82, 2.24) is 24.7 Å². The minimum Gasteiger partial charge on any atom is -0.348 e. The van der Waals surface area contributed by atoms with Crippen LogP contribution in [0.15, 0.2) is 12.4 Å². The van der Waals surface area contributed by atoms with Crippen molar-refractivity contribution >= 4 is 9.84 Å². The molecule has 2 atom stereocenters. The van der Waals surface area contributed by atoms with Gasteiger partial charge in [-0.2, -0.15) is 0 Å². The number of H-pyrrole nitrogens is 1. The Morgan fingerprint density at radius 3 is 2.41 bits per heavy atom. The molecule has 3 fully saturated rings. The molecule has 8 heteroatoms. The highest BCUT2D eigenvalue weighted by molar-refractivity contribution is 7.91. The SMILES string of the molecule is CC(C)N1CCC(CN2CCN(Cc3ncc[nH]3)[C@@H]3CS(=O)(=O)C[C@@H]32)CC1. The highest BCUT2D eigenvalue weighted by atomic mass is 32.2. The Labute approximate surface area is 163 Å². The Bertz CT molecular complexity index is 712. The number of piperazine rings is 1. The molecule has 7 nitrogen and oxygen atoms in total. The molecule has 152 valence electrons. The first-order chi connectivity index (χ1) is 12.9. The number of piperidine rings is 1. The minimum absolute atomic E-state index is 0.101. The molecule has 0 aliphatic carbocycles. The number of aromatic amines is 1. The van der Waals surface area contributed by atoms with E-state index in [0.717, 1.165) is 25.5 Å². The summed E-state index contributed by atoms with van der Waals surface area (Å²) in [6.45, 7) is 10.5. The Hall–Kier alpha value is -0.960. The van der Waals surface area contributed by atoms with Gasteiger partial charge < -0.3 is 9.88 Å². The summed E-state index contributed by atoms with van der Waals surface area (Å²) in [5, 5.41) is 0. The topological polar surface area (TPSA) is 72.5 Å². The van der Waals surface area contributed by atoms with Gasteiger partial charge >= 0.3 is 0 Å². The molecule has 3 aliphatic heterocycles. The molecule has 0 aromatic carbocycles. The second-order valence-corrected chi connectivity index (χ2v) is 10.9. The Morgan fingerprint density at radius 2 is 1.78 bits per heavy atom. The molecule has 3 aliphatic rings. The fraction of sp³-hybridized carbons (Fsp3) is 0.842. The van der Waals surface area contributed by atoms with Gasteiger partial charge in [-0.15, -0.1) is 0 Å². The minimum atomic E-state index is -2.96. The second-order valence-electron chi connectivity index (χ2n) is 8.79. The van der Waals surface area contributed by atoms with E-state index >= 15 is 0 Å². The molecule has 27 heavy (non-hydrogen) atoms. The van der Waals surface area contributed by atoms with Crippen LogP contribution in [0.5, 0.6) is 0 Å². The highest BCUT2D eigenvalue weighted by Crippen LogP contribution is 2.30. The number of imidazole rings is 1. The van der Waals surface area contributed by atoms with Gasteiger partial charge in [0.2, 0.25) is 0 Å². The maximum atomic E-state index is 12.4. The average molecular weight is 396 g/mol. The van der Waals surface area contributed by atoms with Crippen LogP contribution in [0.2, 0.25) is 0 Å². The molecule has 1 aromatic heterocycles. The van der Waals surface area contributed by atoms with E-state index in [9.17, 15) is 8.42 Å². The van der Waals surface area contributed by atoms with Gasteiger partial charge in [0.1, 0.15) is 5.82 Å². The van der Waals surface area contributed by atoms with E-state index in [1.165, 1.54) is 25.9 Å². The number of aromatic nitrogens is 2. The van der Waals surface area contributed by atoms with Crippen molar-refractivity contribution in [2.24, 2.45) is 5.92 Å². The van der Waals surface area contributed by atoms with Crippen molar-refractivity contribution in [2.75, 3.05) is 44.2 Å². The number of rotatable bonds is 5. The molecular weight excluding hydrogens is 362 g/mol. The summed E-state index contributed by atoms with van der Waals surface area (Å²) in [6, 6.07) is 0.867. The van der Waals surface area contributed by atoms with Crippen LogP contribution >= 0.6 is 0 Å². The normalized spacial score (nSPS) is 30.8. The lowest BCUT2D eigenvalue weighted by Gasteiger charge is -2.45. The molecule has 3 saturated heterocycles. The lowest BCUT2D eigenvalue weighted by molar-refractivity contribution is 0.0203. The third kappa shape index (κ3) is 4.39. The lowest BCUT2D eigenvalue weighted by Crippen LogP contribution is -2.59. The smallest absolute Gasteiger partial charge is 0.153 e. The first-order valence-electron chi connectivity index (χ1n) is 10.3. The summed E-state index contributed by atoms with van der Waals surface area (Å²) in [5.74, 6) is 2.23. The largest absolute Gasteiger partial charge is 0.348 e. The number of fused-ring (bicyclic) bond motifs is 1. The van der Waals surface area contributed by atoms with Gasteiger partial charge in [-0.1, -0.05) is 0 Å². The fourth-order valence-electron chi connectivity index (χ4n) is 5.08. The van der Waals surface area contributed by atoms with Gasteiger partial charge in [-0.3, -0.25) is 9.80 Å². The number of nitrogens with one attached hydrogen (secondary N) is 1. The summed E-state index contributed by atoms with van der Waals surface area (Å²) in [7, 11) is -2.96. The number of hydrogen-bond acceptors (Lipinski definition) is 6. The summed E-state index contributed by atoms with van der Waals surface area (Å²) < 4.78 is 24.8. The molecule has 1 N–H and O–H groups in total. The summed E-state index contributed by atoms with van der Waals surface area (Å²) in [4.78, 5) is 14.9. The molecule has 4 heterocycles. The zero-order chi connectivity index (χ0) is 19.0. The maximum absolute atomic E-state index is 12.4. The molecule has 0 unspecified atom stereocenters. The Kier molecular flexibility index (Phi) is 5.60. The van der Waals surface area contributed by atoms with Gasteiger partial charge in [0.05, 0.1) is 18.1 Å². The van der Waals surface area contributed by atoms with Gasteiger partial charge in [-0.25, -0.2) is 13.4 Å². The van der Waals surface area contributed by atoms with Crippen molar-refractivity contribution < 1.29 is 8.42 Å². The lowest BCUT2D eigenvalue weighted by atomic mass is 9.93. The van der Waals surface area contributed by atoms with Crippen LogP contribution in [-0.4, -0.2) is 95.4 Å². The van der Waals surface area contributed by atoms with Gasteiger partial charge in [0.25, 0.3) is 0 Å². The zero-order valence-electron chi connectivity index (χ0n) is 16.5. The molecule has 0 spiro atoms. The summed E-state index contributed by atoms with van der Waals surface area (Å²) >= 11 is 0. The molecule has 0 bridgehead atoms. The zero-order valence-corrected chi connectivity index (χ0v) is 17.4. The van der Waals surface area contributed by atoms with E-state index in [1.54, 1.807) is 6.20 Å². The van der Waals surface area contributed by atoms with Crippen LogP contribution < -0.4 is 0 Å². The molecule has 1 aromatic rings. The van der Waals surface area contributed by atoms with Crippen LogP contribution in [-0.2, 0) is 16.4 Å². The monoisotopic (exact) mass is 395 g/mol. The Balaban J connectivity index is 1.40. The van der Waals surface area contributed by atoms with Gasteiger partial charge in [0.15, 0.2) is 9.84 Å². The number of sulfone groups is 1. The van der Waals surface area contributed by atoms with Crippen LogP contribution in [0.1, 0.15) is 32.5 Å². The maximum Gasteiger partial charge on any atom is 0.153 e. The van der Waals surface area contributed by atoms with Gasteiger partial charge in [0, 0.05) is 50.2 Å². The average Bonchev–Trinajstić information content (AvgIpc) is 3.24. The first kappa shape index (κ1) is 19.4. The second kappa shape index (κ2) is 7.81. The predicted molar refractivity (Wildman–Crippen MR) is 106 cm³/mol. The van der Waals surface area contributed by atoms with Crippen LogP contribution in [0.4, 0.5) is 0 Å². The van der Waals surface area contributed by atoms with Crippen LogP contribution in [0.3, 0.4) is 0 Å². The van der Waals surface area contributed by atoms with Crippen molar-refractivity contribution in [2.45, 2.75) is 51.4 Å². The molecular formula is C19H33N5O2S. The van der Waals surface area contributed by atoms with Crippen LogP contribution in [0, 0.1) is 5.92 Å². The molecule has 4 rings (SSSR count). The van der Waals surface area contributed by atoms with Crippen molar-refractivity contribution in [3.8, 4) is 0 Å². The third-order valence-corrected chi connectivity index (χ3v) is 8.38. The van der Waals surface area contributed by atoms with Crippen molar-refractivity contribution in [1.29, 1.82) is 0 Å². The van der Waals surface area contributed by atoms with E-state index in [-0.39, 0.29) is 12.1 Å². The van der Waals surface area contributed by atoms with E-state index in [1.807, 2.05) is 6.20 Å². The van der Waals surface area contributed by atoms with E-state index < -0.39 is 9.84 Å². The highest BCUT2D eigenvalue weighted by Gasteiger charge is 2.46. The number of likely N-dealkylation sites (tertiary alicyclic amines) is 1.